The molecule has 2 unspecified atom stereocenters. The van der Waals surface area contributed by atoms with E-state index in [4.69, 9.17) is 14.6 Å². The van der Waals surface area contributed by atoms with Gasteiger partial charge in [-0.1, -0.05) is 24.3 Å². The number of carbonyl (C=O) groups excluding carboxylic acids is 3. The van der Waals surface area contributed by atoms with E-state index in [0.29, 0.717) is 30.3 Å². The lowest BCUT2D eigenvalue weighted by atomic mass is 10.0. The summed E-state index contributed by atoms with van der Waals surface area (Å²) in [7, 11) is 0. The average molecular weight is 527 g/mol. The molecule has 3 N–H and O–H groups in total. The molecule has 2 aliphatic rings. The Hall–Kier alpha value is -4.52. The molecule has 2 atom stereocenters. The highest BCUT2D eigenvalue weighted by Crippen LogP contribution is 2.35. The maximum Gasteiger partial charge on any atom is 0.355 e. The third-order valence-electron chi connectivity index (χ3n) is 5.81. The Balaban J connectivity index is 1.44. The van der Waals surface area contributed by atoms with E-state index in [9.17, 15) is 23.6 Å². The highest BCUT2D eigenvalue weighted by molar-refractivity contribution is 7.14. The second-order valence-corrected chi connectivity index (χ2v) is 9.00. The summed E-state index contributed by atoms with van der Waals surface area (Å²) in [5.41, 5.74) is 0.247. The van der Waals surface area contributed by atoms with Crippen LogP contribution in [-0.2, 0) is 16.0 Å². The van der Waals surface area contributed by atoms with Crippen molar-refractivity contribution in [2.45, 2.75) is 18.5 Å². The number of fused-ring (bicyclic) bond motifs is 1. The van der Waals surface area contributed by atoms with Gasteiger partial charge < -0.3 is 25.2 Å². The number of anilines is 1. The molecular weight excluding hydrogens is 507 g/mol. The number of thiazole rings is 1. The van der Waals surface area contributed by atoms with Crippen molar-refractivity contribution in [3.63, 3.8) is 0 Å². The van der Waals surface area contributed by atoms with Crippen LogP contribution in [0.1, 0.15) is 27.7 Å². The molecule has 0 aliphatic carbocycles. The highest BCUT2D eigenvalue weighted by atomic mass is 32.1. The van der Waals surface area contributed by atoms with Crippen LogP contribution in [-0.4, -0.2) is 58.1 Å². The van der Waals surface area contributed by atoms with Gasteiger partial charge >= 0.3 is 12.0 Å². The van der Waals surface area contributed by atoms with Gasteiger partial charge in [-0.2, -0.15) is 0 Å². The normalized spacial score (nSPS) is 17.3. The van der Waals surface area contributed by atoms with E-state index in [0.717, 1.165) is 16.2 Å². The number of rotatable bonds is 7. The quantitative estimate of drug-likeness (QED) is 0.398. The number of hydrogen-bond acceptors (Lipinski definition) is 8. The maximum atomic E-state index is 14.5. The fourth-order valence-corrected chi connectivity index (χ4v) is 4.73. The summed E-state index contributed by atoms with van der Waals surface area (Å²) in [5, 5.41) is 15.3. The molecule has 11 nitrogen and oxygen atoms in total. The van der Waals surface area contributed by atoms with Crippen LogP contribution >= 0.6 is 11.3 Å². The van der Waals surface area contributed by atoms with Gasteiger partial charge in [-0.25, -0.2) is 23.9 Å². The van der Waals surface area contributed by atoms with Gasteiger partial charge in [-0.15, -0.1) is 11.3 Å². The molecule has 0 spiro atoms. The van der Waals surface area contributed by atoms with Gasteiger partial charge in [0, 0.05) is 11.8 Å². The first-order valence-electron chi connectivity index (χ1n) is 11.1. The lowest BCUT2D eigenvalue weighted by Crippen LogP contribution is -2.49. The molecule has 1 fully saturated rings. The van der Waals surface area contributed by atoms with Crippen LogP contribution < -0.4 is 20.1 Å². The van der Waals surface area contributed by atoms with Gasteiger partial charge in [-0.05, 0) is 29.3 Å². The number of ether oxygens (including phenoxy) is 2. The number of carboxylic acid groups (broad SMARTS) is 1. The first-order chi connectivity index (χ1) is 17.8. The van der Waals surface area contributed by atoms with Crippen LogP contribution in [0.2, 0.25) is 0 Å². The van der Waals surface area contributed by atoms with Crippen LogP contribution in [0.4, 0.5) is 14.3 Å². The molecular formula is C24H19FN4O7S. The second kappa shape index (κ2) is 9.85. The number of carbonyl (C=O) groups is 4. The molecule has 3 heterocycles. The van der Waals surface area contributed by atoms with Crippen molar-refractivity contribution in [2.75, 3.05) is 18.5 Å². The molecule has 1 saturated heterocycles. The maximum absolute atomic E-state index is 14.5. The van der Waals surface area contributed by atoms with Crippen LogP contribution in [0.15, 0.2) is 47.8 Å². The minimum atomic E-state index is -1.45. The lowest BCUT2D eigenvalue weighted by molar-refractivity contribution is -0.134. The predicted octanol–water partition coefficient (Wildman–Crippen LogP) is 2.59. The Labute approximate surface area is 212 Å². The Morgan fingerprint density at radius 1 is 1.19 bits per heavy atom. The van der Waals surface area contributed by atoms with Crippen molar-refractivity contribution in [1.29, 1.82) is 0 Å². The number of amides is 4. The Kier molecular flexibility index (Phi) is 6.44. The number of aromatic carboxylic acids is 1. The van der Waals surface area contributed by atoms with Crippen molar-refractivity contribution < 1.29 is 38.1 Å². The van der Waals surface area contributed by atoms with Gasteiger partial charge in [0.2, 0.25) is 5.91 Å². The molecule has 5 rings (SSSR count). The number of urea groups is 1. The molecule has 190 valence electrons. The Morgan fingerprint density at radius 2 is 1.95 bits per heavy atom. The SMILES string of the molecule is O=C(O)c1csc(NC(=O)C(Cc2ccccc2F)N2C(=O)NC(c3ccc4c(c3)OCCO4)C2=O)n1. The molecule has 2 aliphatic heterocycles. The van der Waals surface area contributed by atoms with E-state index in [2.05, 4.69) is 15.6 Å². The van der Waals surface area contributed by atoms with Gasteiger partial charge in [0.25, 0.3) is 5.91 Å². The number of carboxylic acids is 1. The van der Waals surface area contributed by atoms with Gasteiger partial charge in [0.05, 0.1) is 0 Å². The fraction of sp³-hybridized carbons (Fsp3) is 0.208. The predicted molar refractivity (Wildman–Crippen MR) is 127 cm³/mol. The lowest BCUT2D eigenvalue weighted by Gasteiger charge is -2.24. The smallest absolute Gasteiger partial charge is 0.355 e. The largest absolute Gasteiger partial charge is 0.486 e. The fourth-order valence-electron chi connectivity index (χ4n) is 4.05. The summed E-state index contributed by atoms with van der Waals surface area (Å²) < 4.78 is 25.5. The number of hydrogen-bond donors (Lipinski definition) is 3. The molecule has 3 aromatic rings. The molecule has 13 heteroatoms. The van der Waals surface area contributed by atoms with Crippen LogP contribution in [0, 0.1) is 5.82 Å². The number of imide groups is 1. The molecule has 4 amide bonds. The number of halogens is 1. The van der Waals surface area contributed by atoms with E-state index in [-0.39, 0.29) is 22.8 Å². The van der Waals surface area contributed by atoms with Crippen LogP contribution in [0.5, 0.6) is 11.5 Å². The highest BCUT2D eigenvalue weighted by Gasteiger charge is 2.46. The summed E-state index contributed by atoms with van der Waals surface area (Å²) in [6.45, 7) is 0.720. The molecule has 0 radical (unpaired) electrons. The zero-order valence-corrected chi connectivity index (χ0v) is 19.8. The molecule has 0 saturated carbocycles. The number of nitrogens with zero attached hydrogens (tertiary/aromatic N) is 2. The van der Waals surface area contributed by atoms with Crippen molar-refractivity contribution >= 4 is 40.3 Å². The minimum Gasteiger partial charge on any atom is -0.486 e. The van der Waals surface area contributed by atoms with Crippen molar-refractivity contribution in [3.8, 4) is 11.5 Å². The number of benzene rings is 2. The molecule has 37 heavy (non-hydrogen) atoms. The summed E-state index contributed by atoms with van der Waals surface area (Å²) in [4.78, 5) is 55.4. The summed E-state index contributed by atoms with van der Waals surface area (Å²) in [5.74, 6) is -2.52. The van der Waals surface area contributed by atoms with Gasteiger partial charge in [0.1, 0.15) is 31.1 Å². The van der Waals surface area contributed by atoms with Crippen LogP contribution in [0.3, 0.4) is 0 Å². The van der Waals surface area contributed by atoms with Crippen molar-refractivity contribution in [2.24, 2.45) is 0 Å². The topological polar surface area (TPSA) is 147 Å². The molecule has 0 bridgehead atoms. The second-order valence-electron chi connectivity index (χ2n) is 8.14. The third kappa shape index (κ3) is 4.80. The van der Waals surface area contributed by atoms with E-state index in [1.807, 2.05) is 0 Å². The third-order valence-corrected chi connectivity index (χ3v) is 6.57. The molecule has 1 aromatic heterocycles. The Bertz CT molecular complexity index is 1410. The monoisotopic (exact) mass is 526 g/mol. The number of aromatic nitrogens is 1. The van der Waals surface area contributed by atoms with E-state index in [1.54, 1.807) is 24.3 Å². The standard InChI is InChI=1S/C24H19FN4O7S/c25-14-4-2-1-3-12(14)9-16(20(30)28-23-26-15(11-37-23)22(32)33)29-21(31)19(27-24(29)34)13-5-6-17-18(10-13)36-8-7-35-17/h1-6,10-11,16,19H,7-9H2,(H,27,34)(H,32,33)(H,26,28,30). The van der Waals surface area contributed by atoms with Crippen LogP contribution in [0.25, 0.3) is 0 Å². The summed E-state index contributed by atoms with van der Waals surface area (Å²) in [6, 6.07) is 7.09. The van der Waals surface area contributed by atoms with Crippen molar-refractivity contribution in [1.82, 2.24) is 15.2 Å². The first kappa shape index (κ1) is 24.2. The summed E-state index contributed by atoms with van der Waals surface area (Å²) >= 11 is 0.860. The van der Waals surface area contributed by atoms with Gasteiger partial charge in [0.15, 0.2) is 22.3 Å². The first-order valence-corrected chi connectivity index (χ1v) is 12.0. The average Bonchev–Trinajstić information content (AvgIpc) is 3.47. The van der Waals surface area contributed by atoms with E-state index in [1.165, 1.54) is 23.6 Å². The Morgan fingerprint density at radius 3 is 2.68 bits per heavy atom. The number of nitrogens with one attached hydrogen (secondary N) is 2. The van der Waals surface area contributed by atoms with E-state index < -0.39 is 41.7 Å². The summed E-state index contributed by atoms with van der Waals surface area (Å²) in [6.07, 6.45) is -0.317. The zero-order valence-electron chi connectivity index (χ0n) is 19.0. The minimum absolute atomic E-state index is 0.0450. The van der Waals surface area contributed by atoms with Gasteiger partial charge in [-0.3, -0.25) is 9.59 Å². The zero-order chi connectivity index (χ0) is 26.1. The van der Waals surface area contributed by atoms with E-state index >= 15 is 0 Å². The molecule has 2 aromatic carbocycles. The van der Waals surface area contributed by atoms with Crippen molar-refractivity contribution in [3.05, 3.63) is 70.5 Å².